The first kappa shape index (κ1) is 19.7. The number of fused-ring (bicyclic) bond motifs is 1. The molecule has 2 unspecified atom stereocenters. The SMILES string of the molecule is CC1(C)CC2C=C(Cc3c[nH]c(-c4ccc(P)cc4)c3-c3ccncc3)CCN2C1. The van der Waals surface area contributed by atoms with Crippen molar-refractivity contribution in [1.29, 1.82) is 0 Å². The first-order valence-electron chi connectivity index (χ1n) is 10.9. The fourth-order valence-corrected chi connectivity index (χ4v) is 5.39. The summed E-state index contributed by atoms with van der Waals surface area (Å²) in [6, 6.07) is 13.5. The van der Waals surface area contributed by atoms with E-state index in [9.17, 15) is 0 Å². The number of rotatable bonds is 4. The number of benzene rings is 1. The molecule has 0 saturated carbocycles. The maximum atomic E-state index is 4.23. The molecular formula is C26H30N3P. The summed E-state index contributed by atoms with van der Waals surface area (Å²) in [5.74, 6) is 0. The maximum Gasteiger partial charge on any atom is 0.0536 e. The molecule has 0 bridgehead atoms. The van der Waals surface area contributed by atoms with Gasteiger partial charge in [0, 0.05) is 43.3 Å². The Morgan fingerprint density at radius 1 is 1.10 bits per heavy atom. The van der Waals surface area contributed by atoms with Gasteiger partial charge in [-0.25, -0.2) is 0 Å². The molecule has 3 aromatic rings. The molecule has 3 nitrogen and oxygen atoms in total. The molecule has 5 rings (SSSR count). The second kappa shape index (κ2) is 7.80. The summed E-state index contributed by atoms with van der Waals surface area (Å²) in [6.07, 6.45) is 12.0. The molecule has 154 valence electrons. The van der Waals surface area contributed by atoms with Crippen LogP contribution in [0, 0.1) is 5.41 Å². The largest absolute Gasteiger partial charge is 0.360 e. The minimum Gasteiger partial charge on any atom is -0.360 e. The molecule has 1 saturated heterocycles. The first-order chi connectivity index (χ1) is 14.5. The zero-order valence-electron chi connectivity index (χ0n) is 17.9. The number of nitrogens with one attached hydrogen (secondary N) is 1. The molecule has 4 heteroatoms. The Morgan fingerprint density at radius 2 is 1.87 bits per heavy atom. The van der Waals surface area contributed by atoms with Crippen molar-refractivity contribution in [3.8, 4) is 22.4 Å². The highest BCUT2D eigenvalue weighted by Crippen LogP contribution is 2.39. The van der Waals surface area contributed by atoms with Crippen molar-refractivity contribution in [2.75, 3.05) is 13.1 Å². The minimum absolute atomic E-state index is 0.434. The van der Waals surface area contributed by atoms with Crippen LogP contribution in [0.25, 0.3) is 22.4 Å². The molecule has 0 spiro atoms. The standard InChI is InChI=1S/C26H30N3P/c1-26(2)15-22-14-18(9-12-29(22)17-26)13-21-16-28-25(20-3-5-23(30)6-4-20)24(21)19-7-10-27-11-8-19/h3-8,10-11,14,16,22,28H,9,12-13,15,17,30H2,1-2H3. The lowest BCUT2D eigenvalue weighted by atomic mass is 9.89. The Morgan fingerprint density at radius 3 is 2.63 bits per heavy atom. The molecule has 1 N–H and O–H groups in total. The van der Waals surface area contributed by atoms with E-state index in [-0.39, 0.29) is 0 Å². The molecule has 0 radical (unpaired) electrons. The molecule has 0 aliphatic carbocycles. The van der Waals surface area contributed by atoms with Gasteiger partial charge in [-0.15, -0.1) is 9.24 Å². The lowest BCUT2D eigenvalue weighted by molar-refractivity contribution is 0.258. The molecule has 2 aliphatic heterocycles. The Labute approximate surface area is 181 Å². The monoisotopic (exact) mass is 415 g/mol. The average molecular weight is 416 g/mol. The van der Waals surface area contributed by atoms with Gasteiger partial charge in [0.25, 0.3) is 0 Å². The minimum atomic E-state index is 0.434. The van der Waals surface area contributed by atoms with Crippen molar-refractivity contribution in [2.45, 2.75) is 39.2 Å². The fraction of sp³-hybridized carbons (Fsp3) is 0.346. The van der Waals surface area contributed by atoms with Crippen LogP contribution in [0.5, 0.6) is 0 Å². The second-order valence-corrected chi connectivity index (χ2v) is 10.2. The Kier molecular flexibility index (Phi) is 5.13. The van der Waals surface area contributed by atoms with Gasteiger partial charge in [0.15, 0.2) is 0 Å². The summed E-state index contributed by atoms with van der Waals surface area (Å²) in [7, 11) is 2.77. The molecule has 2 atom stereocenters. The lowest BCUT2D eigenvalue weighted by Gasteiger charge is -2.28. The predicted molar refractivity (Wildman–Crippen MR) is 129 cm³/mol. The summed E-state index contributed by atoms with van der Waals surface area (Å²) >= 11 is 0. The predicted octanol–water partition coefficient (Wildman–Crippen LogP) is 5.22. The summed E-state index contributed by atoms with van der Waals surface area (Å²) in [5.41, 5.74) is 8.35. The van der Waals surface area contributed by atoms with Crippen LogP contribution in [-0.2, 0) is 6.42 Å². The van der Waals surface area contributed by atoms with Gasteiger partial charge in [-0.2, -0.15) is 0 Å². The van der Waals surface area contributed by atoms with Gasteiger partial charge in [-0.05, 0) is 58.8 Å². The number of pyridine rings is 1. The molecular weight excluding hydrogens is 385 g/mol. The van der Waals surface area contributed by atoms with Crippen LogP contribution in [0.15, 0.2) is 66.6 Å². The number of hydrogen-bond acceptors (Lipinski definition) is 2. The van der Waals surface area contributed by atoms with E-state index in [0.29, 0.717) is 11.5 Å². The van der Waals surface area contributed by atoms with E-state index in [1.807, 2.05) is 12.4 Å². The van der Waals surface area contributed by atoms with Crippen molar-refractivity contribution in [1.82, 2.24) is 14.9 Å². The van der Waals surface area contributed by atoms with Gasteiger partial charge in [-0.3, -0.25) is 9.88 Å². The molecule has 1 fully saturated rings. The molecule has 30 heavy (non-hydrogen) atoms. The Balaban J connectivity index is 1.51. The summed E-state index contributed by atoms with van der Waals surface area (Å²) in [4.78, 5) is 10.5. The lowest BCUT2D eigenvalue weighted by Crippen LogP contribution is -2.33. The van der Waals surface area contributed by atoms with Crippen molar-refractivity contribution in [3.05, 3.63) is 72.2 Å². The normalized spacial score (nSPS) is 20.8. The van der Waals surface area contributed by atoms with E-state index < -0.39 is 0 Å². The Bertz CT molecular complexity index is 1060. The van der Waals surface area contributed by atoms with E-state index in [0.717, 1.165) is 6.42 Å². The van der Waals surface area contributed by atoms with Crippen LogP contribution in [0.3, 0.4) is 0 Å². The van der Waals surface area contributed by atoms with Crippen LogP contribution in [0.4, 0.5) is 0 Å². The number of H-pyrrole nitrogens is 1. The summed E-state index contributed by atoms with van der Waals surface area (Å²) in [5, 5.41) is 1.20. The summed E-state index contributed by atoms with van der Waals surface area (Å²) in [6.45, 7) is 7.22. The van der Waals surface area contributed by atoms with Crippen molar-refractivity contribution >= 4 is 14.5 Å². The smallest absolute Gasteiger partial charge is 0.0536 e. The van der Waals surface area contributed by atoms with Crippen LogP contribution in [0.2, 0.25) is 0 Å². The topological polar surface area (TPSA) is 31.9 Å². The van der Waals surface area contributed by atoms with Crippen LogP contribution >= 0.6 is 9.24 Å². The second-order valence-electron chi connectivity index (χ2n) is 9.58. The third-order valence-corrected chi connectivity index (χ3v) is 6.94. The van der Waals surface area contributed by atoms with Gasteiger partial charge in [0.05, 0.1) is 5.69 Å². The highest BCUT2D eigenvalue weighted by atomic mass is 31.0. The number of aromatic nitrogens is 2. The summed E-state index contributed by atoms with van der Waals surface area (Å²) < 4.78 is 0. The highest BCUT2D eigenvalue weighted by Gasteiger charge is 2.37. The van der Waals surface area contributed by atoms with Crippen molar-refractivity contribution < 1.29 is 0 Å². The number of aromatic amines is 1. The molecule has 2 aromatic heterocycles. The number of hydrogen-bond donors (Lipinski definition) is 1. The van der Waals surface area contributed by atoms with Gasteiger partial charge >= 0.3 is 0 Å². The van der Waals surface area contributed by atoms with E-state index in [1.165, 1.54) is 59.2 Å². The molecule has 2 aliphatic rings. The maximum absolute atomic E-state index is 4.23. The highest BCUT2D eigenvalue weighted by molar-refractivity contribution is 7.27. The third-order valence-electron chi connectivity index (χ3n) is 6.56. The fourth-order valence-electron chi connectivity index (χ4n) is 5.20. The Hall–Kier alpha value is -2.22. The van der Waals surface area contributed by atoms with Gasteiger partial charge in [-0.1, -0.05) is 49.8 Å². The van der Waals surface area contributed by atoms with Gasteiger partial charge < -0.3 is 4.98 Å². The van der Waals surface area contributed by atoms with E-state index >= 15 is 0 Å². The van der Waals surface area contributed by atoms with Crippen molar-refractivity contribution in [2.24, 2.45) is 5.41 Å². The average Bonchev–Trinajstić information content (AvgIpc) is 3.28. The number of nitrogens with zero attached hydrogens (tertiary/aromatic N) is 2. The van der Waals surface area contributed by atoms with Crippen LogP contribution < -0.4 is 5.30 Å². The zero-order valence-corrected chi connectivity index (χ0v) is 19.0. The van der Waals surface area contributed by atoms with E-state index in [1.54, 1.807) is 5.57 Å². The third kappa shape index (κ3) is 3.89. The van der Waals surface area contributed by atoms with Gasteiger partial charge in [0.1, 0.15) is 0 Å². The van der Waals surface area contributed by atoms with Crippen LogP contribution in [-0.4, -0.2) is 34.0 Å². The van der Waals surface area contributed by atoms with Crippen LogP contribution in [0.1, 0.15) is 32.3 Å². The molecule has 1 aromatic carbocycles. The van der Waals surface area contributed by atoms with Gasteiger partial charge in [0.2, 0.25) is 0 Å². The molecule has 0 amide bonds. The van der Waals surface area contributed by atoms with E-state index in [4.69, 9.17) is 0 Å². The first-order valence-corrected chi connectivity index (χ1v) is 11.5. The quantitative estimate of drug-likeness (QED) is 0.468. The van der Waals surface area contributed by atoms with Crippen molar-refractivity contribution in [3.63, 3.8) is 0 Å². The van der Waals surface area contributed by atoms with E-state index in [2.05, 4.69) is 86.6 Å². The zero-order chi connectivity index (χ0) is 20.7. The molecule has 4 heterocycles.